The van der Waals surface area contributed by atoms with Gasteiger partial charge in [-0.3, -0.25) is 0 Å². The molecule has 3 aromatic rings. The number of phenols is 1. The molecule has 0 bridgehead atoms. The topological polar surface area (TPSA) is 46.0 Å². The number of thiazole rings is 1. The quantitative estimate of drug-likeness (QED) is 0.743. The fraction of sp³-hybridized carbons (Fsp3) is 0. The van der Waals surface area contributed by atoms with Crippen LogP contribution in [0.15, 0.2) is 41.0 Å². The molecular formula is C12H7BrN2OS. The van der Waals surface area contributed by atoms with E-state index in [9.17, 15) is 5.11 Å². The Balaban J connectivity index is 2.23. The average Bonchev–Trinajstić information content (AvgIpc) is 2.75. The first-order valence-corrected chi connectivity index (χ1v) is 6.55. The molecule has 0 aliphatic rings. The lowest BCUT2D eigenvalue weighted by molar-refractivity contribution is 0.477. The molecule has 0 unspecified atom stereocenters. The summed E-state index contributed by atoms with van der Waals surface area (Å²) in [4.78, 5) is 9.58. The minimum atomic E-state index is 0.229. The molecule has 0 aliphatic carbocycles. The van der Waals surface area contributed by atoms with Gasteiger partial charge < -0.3 is 5.11 Å². The Morgan fingerprint density at radius 2 is 2.12 bits per heavy atom. The highest BCUT2D eigenvalue weighted by Crippen LogP contribution is 2.35. The first-order chi connectivity index (χ1) is 8.24. The van der Waals surface area contributed by atoms with Crippen molar-refractivity contribution in [2.45, 2.75) is 0 Å². The third-order valence-electron chi connectivity index (χ3n) is 2.36. The molecule has 0 amide bonds. The average molecular weight is 307 g/mol. The van der Waals surface area contributed by atoms with Crippen LogP contribution in [0, 0.1) is 0 Å². The van der Waals surface area contributed by atoms with E-state index in [1.165, 1.54) is 11.3 Å². The minimum absolute atomic E-state index is 0.229. The van der Waals surface area contributed by atoms with Crippen LogP contribution in [0.2, 0.25) is 0 Å². The maximum atomic E-state index is 9.84. The van der Waals surface area contributed by atoms with Crippen molar-refractivity contribution in [3.05, 3.63) is 41.0 Å². The van der Waals surface area contributed by atoms with Crippen LogP contribution >= 0.6 is 27.3 Å². The number of hydrogen-bond donors (Lipinski definition) is 1. The molecule has 0 saturated heterocycles. The van der Waals surface area contributed by atoms with Gasteiger partial charge in [0.15, 0.2) is 0 Å². The van der Waals surface area contributed by atoms with Crippen LogP contribution in [0.4, 0.5) is 0 Å². The van der Waals surface area contributed by atoms with Crippen molar-refractivity contribution in [1.29, 1.82) is 0 Å². The number of pyridine rings is 1. The monoisotopic (exact) mass is 306 g/mol. The van der Waals surface area contributed by atoms with Crippen molar-refractivity contribution >= 4 is 37.6 Å². The fourth-order valence-electron chi connectivity index (χ4n) is 1.56. The molecule has 0 spiro atoms. The lowest BCUT2D eigenvalue weighted by Crippen LogP contribution is -1.78. The van der Waals surface area contributed by atoms with Crippen molar-refractivity contribution in [3.8, 4) is 16.3 Å². The fourth-order valence-corrected chi connectivity index (χ4v) is 2.86. The second kappa shape index (κ2) is 4.09. The van der Waals surface area contributed by atoms with E-state index in [1.54, 1.807) is 18.3 Å². The molecule has 3 rings (SSSR count). The van der Waals surface area contributed by atoms with Crippen molar-refractivity contribution in [1.82, 2.24) is 9.97 Å². The Bertz CT molecular complexity index is 663. The summed E-state index contributed by atoms with van der Waals surface area (Å²) in [5.74, 6) is 0.229. The van der Waals surface area contributed by atoms with Gasteiger partial charge in [-0.1, -0.05) is 27.3 Å². The van der Waals surface area contributed by atoms with Crippen molar-refractivity contribution < 1.29 is 5.11 Å². The highest BCUT2D eigenvalue weighted by Gasteiger charge is 2.10. The van der Waals surface area contributed by atoms with Crippen LogP contribution in [0.1, 0.15) is 0 Å². The van der Waals surface area contributed by atoms with Gasteiger partial charge in [0.1, 0.15) is 21.1 Å². The van der Waals surface area contributed by atoms with Crippen LogP contribution in [0.3, 0.4) is 0 Å². The summed E-state index contributed by atoms with van der Waals surface area (Å²) >= 11 is 4.86. The van der Waals surface area contributed by atoms with E-state index in [2.05, 4.69) is 25.9 Å². The second-order valence-corrected chi connectivity index (χ2v) is 5.40. The third kappa shape index (κ3) is 1.92. The highest BCUT2D eigenvalue weighted by atomic mass is 79.9. The Kier molecular flexibility index (Phi) is 2.57. The van der Waals surface area contributed by atoms with Gasteiger partial charge >= 0.3 is 0 Å². The molecule has 0 radical (unpaired) electrons. The molecule has 0 aliphatic heterocycles. The van der Waals surface area contributed by atoms with Crippen LogP contribution in [-0.2, 0) is 0 Å². The molecule has 2 aromatic heterocycles. The Morgan fingerprint density at radius 3 is 2.94 bits per heavy atom. The van der Waals surface area contributed by atoms with Gasteiger partial charge in [0.25, 0.3) is 0 Å². The molecule has 0 fully saturated rings. The van der Waals surface area contributed by atoms with Crippen LogP contribution in [0.25, 0.3) is 20.9 Å². The summed E-state index contributed by atoms with van der Waals surface area (Å²) in [5, 5.41) is 10.6. The third-order valence-corrected chi connectivity index (χ3v) is 3.86. The predicted octanol–water partition coefficient (Wildman–Crippen LogP) is 3.83. The lowest BCUT2D eigenvalue weighted by atomic mass is 10.2. The summed E-state index contributed by atoms with van der Waals surface area (Å²) in [7, 11) is 0. The molecule has 1 aromatic carbocycles. The number of rotatable bonds is 1. The smallest absolute Gasteiger partial charge is 0.143 e. The normalized spacial score (nSPS) is 10.9. The Hall–Kier alpha value is -1.46. The molecule has 2 heterocycles. The van der Waals surface area contributed by atoms with Gasteiger partial charge in [0.05, 0.1) is 5.56 Å². The van der Waals surface area contributed by atoms with Gasteiger partial charge in [0.2, 0.25) is 0 Å². The van der Waals surface area contributed by atoms with Gasteiger partial charge in [-0.25, -0.2) is 9.97 Å². The highest BCUT2D eigenvalue weighted by molar-refractivity contribution is 9.10. The number of halogens is 1. The van der Waals surface area contributed by atoms with E-state index in [1.807, 2.05) is 18.2 Å². The number of aromatic nitrogens is 2. The van der Waals surface area contributed by atoms with E-state index in [0.29, 0.717) is 0 Å². The molecule has 5 heteroatoms. The van der Waals surface area contributed by atoms with Crippen molar-refractivity contribution in [2.75, 3.05) is 0 Å². The van der Waals surface area contributed by atoms with E-state index >= 15 is 0 Å². The van der Waals surface area contributed by atoms with Crippen LogP contribution in [-0.4, -0.2) is 15.1 Å². The second-order valence-electron chi connectivity index (χ2n) is 3.51. The molecular weight excluding hydrogens is 300 g/mol. The summed E-state index contributed by atoms with van der Waals surface area (Å²) in [6.45, 7) is 0. The molecule has 1 N–H and O–H groups in total. The first-order valence-electron chi connectivity index (χ1n) is 4.94. The number of aromatic hydroxyl groups is 1. The zero-order chi connectivity index (χ0) is 11.8. The van der Waals surface area contributed by atoms with E-state index in [4.69, 9.17) is 0 Å². The van der Waals surface area contributed by atoms with Gasteiger partial charge in [-0.05, 0) is 30.3 Å². The van der Waals surface area contributed by atoms with Crippen LogP contribution < -0.4 is 0 Å². The maximum absolute atomic E-state index is 9.84. The van der Waals surface area contributed by atoms with Crippen molar-refractivity contribution in [2.24, 2.45) is 0 Å². The minimum Gasteiger partial charge on any atom is -0.507 e. The van der Waals surface area contributed by atoms with Gasteiger partial charge in [0, 0.05) is 10.7 Å². The molecule has 0 atom stereocenters. The zero-order valence-electron chi connectivity index (χ0n) is 8.59. The summed E-state index contributed by atoms with van der Waals surface area (Å²) in [6, 6.07) is 9.07. The Labute approximate surface area is 110 Å². The van der Waals surface area contributed by atoms with Gasteiger partial charge in [-0.15, -0.1) is 0 Å². The van der Waals surface area contributed by atoms with E-state index < -0.39 is 0 Å². The Morgan fingerprint density at radius 1 is 1.24 bits per heavy atom. The zero-order valence-corrected chi connectivity index (χ0v) is 11.0. The predicted molar refractivity (Wildman–Crippen MR) is 72.2 cm³/mol. The first kappa shape index (κ1) is 10.7. The number of phenolic OH excluding ortho intramolecular Hbond substituents is 1. The summed E-state index contributed by atoms with van der Waals surface area (Å²) in [6.07, 6.45) is 1.74. The molecule has 3 nitrogen and oxygen atoms in total. The molecule has 84 valence electrons. The maximum Gasteiger partial charge on any atom is 0.143 e. The number of hydrogen-bond acceptors (Lipinski definition) is 4. The van der Waals surface area contributed by atoms with E-state index in [-0.39, 0.29) is 5.75 Å². The summed E-state index contributed by atoms with van der Waals surface area (Å²) in [5.41, 5.74) is 1.58. The number of benzene rings is 1. The van der Waals surface area contributed by atoms with Crippen LogP contribution in [0.5, 0.6) is 5.75 Å². The standard InChI is InChI=1S/C12H7BrN2OS/c13-7-3-4-10(16)8(6-7)11-15-9-2-1-5-14-12(9)17-11/h1-6,16H. The summed E-state index contributed by atoms with van der Waals surface area (Å²) < 4.78 is 0.914. The molecule has 0 saturated carbocycles. The SMILES string of the molecule is Oc1ccc(Br)cc1-c1nc2cccnc2s1. The van der Waals surface area contributed by atoms with Gasteiger partial charge in [-0.2, -0.15) is 0 Å². The van der Waals surface area contributed by atoms with E-state index in [0.717, 1.165) is 25.4 Å². The largest absolute Gasteiger partial charge is 0.507 e. The number of nitrogens with zero attached hydrogens (tertiary/aromatic N) is 2. The van der Waals surface area contributed by atoms with Crippen molar-refractivity contribution in [3.63, 3.8) is 0 Å². The number of fused-ring (bicyclic) bond motifs is 1. The molecule has 17 heavy (non-hydrogen) atoms. The lowest BCUT2D eigenvalue weighted by Gasteiger charge is -2.00.